The molecule has 27 heavy (non-hydrogen) atoms. The molecule has 8 heteroatoms. The number of ether oxygens (including phenoxy) is 1. The molecule has 1 fully saturated rings. The Morgan fingerprint density at radius 1 is 1.19 bits per heavy atom. The Labute approximate surface area is 156 Å². The second-order valence-corrected chi connectivity index (χ2v) is 6.63. The number of nitrogens with one attached hydrogen (secondary N) is 3. The van der Waals surface area contributed by atoms with E-state index in [-0.39, 0.29) is 11.9 Å². The molecule has 140 valence electrons. The molecule has 2 heterocycles. The van der Waals surface area contributed by atoms with Crippen LogP contribution in [0.15, 0.2) is 36.7 Å². The summed E-state index contributed by atoms with van der Waals surface area (Å²) < 4.78 is 18.7. The van der Waals surface area contributed by atoms with E-state index in [0.29, 0.717) is 29.1 Å². The lowest BCUT2D eigenvalue weighted by atomic mass is 10.1. The molecule has 2 aromatic heterocycles. The summed E-state index contributed by atoms with van der Waals surface area (Å²) in [5.74, 6) is 2.57. The van der Waals surface area contributed by atoms with E-state index in [9.17, 15) is 4.39 Å². The Hall–Kier alpha value is -3.16. The Morgan fingerprint density at radius 2 is 1.93 bits per heavy atom. The van der Waals surface area contributed by atoms with Crippen LogP contribution in [0.5, 0.6) is 5.75 Å². The van der Waals surface area contributed by atoms with Crippen molar-refractivity contribution in [3.8, 4) is 5.75 Å². The summed E-state index contributed by atoms with van der Waals surface area (Å²) in [5, 5.41) is 13.8. The summed E-state index contributed by atoms with van der Waals surface area (Å²) in [6.07, 6.45) is 3.86. The quantitative estimate of drug-likeness (QED) is 0.581. The van der Waals surface area contributed by atoms with Crippen LogP contribution in [0, 0.1) is 5.82 Å². The van der Waals surface area contributed by atoms with Crippen LogP contribution in [0.3, 0.4) is 0 Å². The van der Waals surface area contributed by atoms with E-state index in [4.69, 9.17) is 4.74 Å². The third kappa shape index (κ3) is 3.84. The van der Waals surface area contributed by atoms with Gasteiger partial charge in [0.2, 0.25) is 5.75 Å². The minimum absolute atomic E-state index is 0.0888. The van der Waals surface area contributed by atoms with Gasteiger partial charge in [0.1, 0.15) is 12.1 Å². The minimum atomic E-state index is -0.262. The van der Waals surface area contributed by atoms with Gasteiger partial charge in [0.15, 0.2) is 17.5 Å². The topological polar surface area (TPSA) is 87.8 Å². The normalized spacial score (nSPS) is 14.6. The van der Waals surface area contributed by atoms with Crippen molar-refractivity contribution in [1.82, 2.24) is 20.2 Å². The van der Waals surface area contributed by atoms with E-state index in [1.807, 2.05) is 13.0 Å². The van der Waals surface area contributed by atoms with Crippen LogP contribution in [0.4, 0.5) is 21.8 Å². The second-order valence-electron chi connectivity index (χ2n) is 6.63. The first kappa shape index (κ1) is 17.3. The van der Waals surface area contributed by atoms with Crippen molar-refractivity contribution in [3.05, 3.63) is 53.7 Å². The lowest BCUT2D eigenvalue weighted by molar-refractivity contribution is 0.414. The van der Waals surface area contributed by atoms with Crippen LogP contribution in [0.1, 0.15) is 43.0 Å². The standard InChI is InChI=1S/C19H21FN6O/c1-11(12-5-7-14(20)8-6-12)23-18-17(27-2)19(22-10-21-18)24-16-9-15(25-26-16)13-3-4-13/h5-11,13H,3-4H2,1-2H3,(H3,21,22,23,24,25,26). The highest BCUT2D eigenvalue weighted by atomic mass is 19.1. The highest BCUT2D eigenvalue weighted by Crippen LogP contribution is 2.40. The summed E-state index contributed by atoms with van der Waals surface area (Å²) in [6.45, 7) is 1.97. The summed E-state index contributed by atoms with van der Waals surface area (Å²) in [7, 11) is 1.57. The first-order valence-corrected chi connectivity index (χ1v) is 8.87. The van der Waals surface area contributed by atoms with Crippen LogP contribution < -0.4 is 15.4 Å². The molecule has 0 bridgehead atoms. The number of H-pyrrole nitrogens is 1. The van der Waals surface area contributed by atoms with Crippen molar-refractivity contribution < 1.29 is 9.13 Å². The fourth-order valence-corrected chi connectivity index (χ4v) is 2.92. The fourth-order valence-electron chi connectivity index (χ4n) is 2.92. The van der Waals surface area contributed by atoms with Crippen molar-refractivity contribution in [1.29, 1.82) is 0 Å². The SMILES string of the molecule is COc1c(Nc2cc(C3CC3)[nH]n2)ncnc1NC(C)c1ccc(F)cc1. The molecule has 1 aromatic carbocycles. The maximum atomic E-state index is 13.1. The first-order valence-electron chi connectivity index (χ1n) is 8.87. The molecule has 1 unspecified atom stereocenters. The fraction of sp³-hybridized carbons (Fsp3) is 0.316. The number of methoxy groups -OCH3 is 1. The summed E-state index contributed by atoms with van der Waals surface area (Å²) in [4.78, 5) is 8.56. The third-order valence-electron chi connectivity index (χ3n) is 4.59. The summed E-state index contributed by atoms with van der Waals surface area (Å²) >= 11 is 0. The molecule has 4 rings (SSSR count). The summed E-state index contributed by atoms with van der Waals surface area (Å²) in [5.41, 5.74) is 2.07. The Kier molecular flexibility index (Phi) is 4.62. The van der Waals surface area contributed by atoms with Crippen LogP contribution in [0.2, 0.25) is 0 Å². The largest absolute Gasteiger partial charge is 0.490 e. The van der Waals surface area contributed by atoms with Crippen LogP contribution >= 0.6 is 0 Å². The van der Waals surface area contributed by atoms with Crippen LogP contribution in [0.25, 0.3) is 0 Å². The zero-order chi connectivity index (χ0) is 18.8. The number of nitrogens with zero attached hydrogens (tertiary/aromatic N) is 3. The molecule has 1 aliphatic rings. The van der Waals surface area contributed by atoms with Gasteiger partial charge in [-0.15, -0.1) is 0 Å². The number of hydrogen-bond acceptors (Lipinski definition) is 6. The third-order valence-corrected chi connectivity index (χ3v) is 4.59. The Balaban J connectivity index is 1.54. The predicted molar refractivity (Wildman–Crippen MR) is 101 cm³/mol. The highest BCUT2D eigenvalue weighted by Gasteiger charge is 2.26. The number of aromatic amines is 1. The smallest absolute Gasteiger partial charge is 0.204 e. The second kappa shape index (κ2) is 7.22. The van der Waals surface area contributed by atoms with Crippen molar-refractivity contribution in [2.45, 2.75) is 31.7 Å². The van der Waals surface area contributed by atoms with Crippen LogP contribution in [-0.2, 0) is 0 Å². The van der Waals surface area contributed by atoms with Gasteiger partial charge >= 0.3 is 0 Å². The van der Waals surface area contributed by atoms with Crippen molar-refractivity contribution in [3.63, 3.8) is 0 Å². The van der Waals surface area contributed by atoms with Crippen LogP contribution in [-0.4, -0.2) is 27.3 Å². The maximum absolute atomic E-state index is 13.1. The van der Waals surface area contributed by atoms with Gasteiger partial charge in [0, 0.05) is 17.7 Å². The Bertz CT molecular complexity index is 922. The molecule has 3 N–H and O–H groups in total. The molecule has 0 amide bonds. The molecule has 1 aliphatic carbocycles. The zero-order valence-electron chi connectivity index (χ0n) is 15.2. The number of anilines is 3. The first-order chi connectivity index (χ1) is 13.1. The van der Waals surface area contributed by atoms with Gasteiger partial charge in [-0.25, -0.2) is 14.4 Å². The van der Waals surface area contributed by atoms with Gasteiger partial charge in [0.25, 0.3) is 0 Å². The molecule has 0 saturated heterocycles. The molecular formula is C19H21FN6O. The molecule has 3 aromatic rings. The van der Waals surface area contributed by atoms with E-state index in [0.717, 1.165) is 11.3 Å². The van der Waals surface area contributed by atoms with Gasteiger partial charge in [-0.1, -0.05) is 12.1 Å². The van der Waals surface area contributed by atoms with Crippen molar-refractivity contribution >= 4 is 17.5 Å². The maximum Gasteiger partial charge on any atom is 0.204 e. The van der Waals surface area contributed by atoms with Gasteiger partial charge in [-0.3, -0.25) is 5.10 Å². The number of benzene rings is 1. The van der Waals surface area contributed by atoms with Gasteiger partial charge < -0.3 is 15.4 Å². The van der Waals surface area contributed by atoms with E-state index in [2.05, 4.69) is 30.8 Å². The lowest BCUT2D eigenvalue weighted by Gasteiger charge is -2.18. The number of rotatable bonds is 7. The molecular weight excluding hydrogens is 347 g/mol. The molecule has 0 aliphatic heterocycles. The number of hydrogen-bond donors (Lipinski definition) is 3. The zero-order valence-corrected chi connectivity index (χ0v) is 15.2. The lowest BCUT2D eigenvalue weighted by Crippen LogP contribution is -2.10. The predicted octanol–water partition coefficient (Wildman–Crippen LogP) is 4.14. The molecule has 1 atom stereocenters. The molecule has 7 nitrogen and oxygen atoms in total. The number of aromatic nitrogens is 4. The molecule has 0 spiro atoms. The van der Waals surface area contributed by atoms with Gasteiger partial charge in [0.05, 0.1) is 13.2 Å². The van der Waals surface area contributed by atoms with E-state index < -0.39 is 0 Å². The van der Waals surface area contributed by atoms with Gasteiger partial charge in [-0.2, -0.15) is 5.10 Å². The monoisotopic (exact) mass is 368 g/mol. The average molecular weight is 368 g/mol. The van der Waals surface area contributed by atoms with E-state index in [1.165, 1.54) is 31.3 Å². The molecule has 1 saturated carbocycles. The van der Waals surface area contributed by atoms with Gasteiger partial charge in [-0.05, 0) is 37.5 Å². The minimum Gasteiger partial charge on any atom is -0.490 e. The van der Waals surface area contributed by atoms with Crippen molar-refractivity contribution in [2.24, 2.45) is 0 Å². The number of halogens is 1. The van der Waals surface area contributed by atoms with Crippen molar-refractivity contribution in [2.75, 3.05) is 17.7 Å². The Morgan fingerprint density at radius 3 is 2.63 bits per heavy atom. The highest BCUT2D eigenvalue weighted by molar-refractivity contribution is 5.68. The molecule has 0 radical (unpaired) electrons. The summed E-state index contributed by atoms with van der Waals surface area (Å²) in [6, 6.07) is 8.26. The van der Waals surface area contributed by atoms with E-state index >= 15 is 0 Å². The van der Waals surface area contributed by atoms with E-state index in [1.54, 1.807) is 19.2 Å². The average Bonchev–Trinajstić information content (AvgIpc) is 3.42.